The average Bonchev–Trinajstić information content (AvgIpc) is 3.11. The van der Waals surface area contributed by atoms with Crippen LogP contribution < -0.4 is 5.32 Å². The first-order valence-electron chi connectivity index (χ1n) is 10.4. The van der Waals surface area contributed by atoms with Gasteiger partial charge in [-0.1, -0.05) is 78.9 Å². The van der Waals surface area contributed by atoms with Gasteiger partial charge in [0.2, 0.25) is 5.91 Å². The van der Waals surface area contributed by atoms with Crippen molar-refractivity contribution in [2.24, 2.45) is 0 Å². The van der Waals surface area contributed by atoms with Gasteiger partial charge >= 0.3 is 6.09 Å². The number of ether oxygens (including phenoxy) is 1. The van der Waals surface area contributed by atoms with Crippen LogP contribution in [0.3, 0.4) is 0 Å². The molecule has 5 heteroatoms. The number of amides is 2. The van der Waals surface area contributed by atoms with Crippen molar-refractivity contribution in [2.45, 2.75) is 18.4 Å². The monoisotopic (exact) mass is 414 g/mol. The maximum atomic E-state index is 12.6. The zero-order valence-corrected chi connectivity index (χ0v) is 17.7. The Labute approximate surface area is 182 Å². The van der Waals surface area contributed by atoms with Crippen molar-refractivity contribution in [2.75, 3.05) is 20.7 Å². The van der Waals surface area contributed by atoms with Gasteiger partial charge in [0.1, 0.15) is 12.6 Å². The number of rotatable bonds is 6. The molecule has 0 spiro atoms. The van der Waals surface area contributed by atoms with Crippen LogP contribution in [-0.4, -0.2) is 43.6 Å². The molecule has 1 aliphatic carbocycles. The summed E-state index contributed by atoms with van der Waals surface area (Å²) in [5.41, 5.74) is 5.64. The second kappa shape index (κ2) is 9.04. The molecule has 0 heterocycles. The van der Waals surface area contributed by atoms with E-state index < -0.39 is 12.1 Å². The Balaban J connectivity index is 1.46. The molecule has 1 N–H and O–H groups in total. The summed E-state index contributed by atoms with van der Waals surface area (Å²) in [5.74, 6) is -0.187. The van der Waals surface area contributed by atoms with Gasteiger partial charge in [-0.25, -0.2) is 4.79 Å². The number of nitrogens with zero attached hydrogens (tertiary/aromatic N) is 1. The fraction of sp³-hybridized carbons (Fsp3) is 0.231. The minimum atomic E-state index is -0.687. The van der Waals surface area contributed by atoms with Crippen molar-refractivity contribution in [1.82, 2.24) is 10.2 Å². The summed E-state index contributed by atoms with van der Waals surface area (Å²) >= 11 is 0. The summed E-state index contributed by atoms with van der Waals surface area (Å²) in [6.45, 7) is 0.216. The van der Waals surface area contributed by atoms with Gasteiger partial charge in [0.05, 0.1) is 0 Å². The number of likely N-dealkylation sites (N-methyl/N-ethyl adjacent to an activating group) is 1. The maximum absolute atomic E-state index is 12.6. The smallest absolute Gasteiger partial charge is 0.407 e. The molecule has 158 valence electrons. The van der Waals surface area contributed by atoms with Gasteiger partial charge in [-0.15, -0.1) is 0 Å². The van der Waals surface area contributed by atoms with Gasteiger partial charge in [0.25, 0.3) is 0 Å². The summed E-state index contributed by atoms with van der Waals surface area (Å²) in [4.78, 5) is 26.8. The molecular formula is C26H26N2O3. The highest BCUT2D eigenvalue weighted by molar-refractivity contribution is 5.85. The summed E-state index contributed by atoms with van der Waals surface area (Å²) in [6, 6.07) is 25.3. The second-order valence-corrected chi connectivity index (χ2v) is 7.94. The topological polar surface area (TPSA) is 58.6 Å². The van der Waals surface area contributed by atoms with Crippen LogP contribution in [0.4, 0.5) is 4.79 Å². The third-order valence-electron chi connectivity index (χ3n) is 5.66. The highest BCUT2D eigenvalue weighted by Crippen LogP contribution is 2.44. The maximum Gasteiger partial charge on any atom is 0.407 e. The molecule has 0 unspecified atom stereocenters. The average molecular weight is 415 g/mol. The van der Waals surface area contributed by atoms with E-state index in [2.05, 4.69) is 29.6 Å². The molecule has 0 saturated carbocycles. The van der Waals surface area contributed by atoms with E-state index in [1.165, 1.54) is 16.0 Å². The number of carbonyl (C=O) groups is 2. The zero-order chi connectivity index (χ0) is 21.8. The van der Waals surface area contributed by atoms with Crippen LogP contribution in [-0.2, 0) is 16.0 Å². The minimum Gasteiger partial charge on any atom is -0.449 e. The van der Waals surface area contributed by atoms with Gasteiger partial charge in [0, 0.05) is 26.4 Å². The van der Waals surface area contributed by atoms with Crippen LogP contribution in [0.15, 0.2) is 78.9 Å². The van der Waals surface area contributed by atoms with E-state index in [9.17, 15) is 9.59 Å². The number of fused-ring (bicyclic) bond motifs is 3. The molecule has 0 bridgehead atoms. The lowest BCUT2D eigenvalue weighted by Gasteiger charge is -2.22. The largest absolute Gasteiger partial charge is 0.449 e. The third-order valence-corrected chi connectivity index (χ3v) is 5.66. The molecule has 3 aromatic rings. The number of hydrogen-bond acceptors (Lipinski definition) is 3. The third kappa shape index (κ3) is 4.45. The van der Waals surface area contributed by atoms with Crippen LogP contribution >= 0.6 is 0 Å². The summed E-state index contributed by atoms with van der Waals surface area (Å²) in [5, 5.41) is 2.77. The Hall–Kier alpha value is -3.60. The predicted molar refractivity (Wildman–Crippen MR) is 121 cm³/mol. The SMILES string of the molecule is CN(C)C(=O)[C@H](Cc1ccccc1)NC(=O)OCC1c2ccccc2-c2ccccc21. The van der Waals surface area contributed by atoms with E-state index in [0.29, 0.717) is 6.42 Å². The second-order valence-electron chi connectivity index (χ2n) is 7.94. The van der Waals surface area contributed by atoms with E-state index >= 15 is 0 Å². The minimum absolute atomic E-state index is 0.0183. The van der Waals surface area contributed by atoms with E-state index in [-0.39, 0.29) is 18.4 Å². The normalized spacial score (nSPS) is 13.1. The Morgan fingerprint density at radius 1 is 0.871 bits per heavy atom. The van der Waals surface area contributed by atoms with Gasteiger partial charge < -0.3 is 15.0 Å². The molecule has 0 radical (unpaired) electrons. The van der Waals surface area contributed by atoms with Crippen LogP contribution in [0.1, 0.15) is 22.6 Å². The molecule has 2 amide bonds. The summed E-state index contributed by atoms with van der Waals surface area (Å²) in [6.07, 6.45) is -0.180. The molecule has 1 atom stereocenters. The van der Waals surface area contributed by atoms with Crippen LogP contribution in [0.5, 0.6) is 0 Å². The van der Waals surface area contributed by atoms with E-state index in [4.69, 9.17) is 4.74 Å². The first-order chi connectivity index (χ1) is 15.0. The number of alkyl carbamates (subject to hydrolysis) is 1. The quantitative estimate of drug-likeness (QED) is 0.657. The first-order valence-corrected chi connectivity index (χ1v) is 10.4. The molecule has 1 aliphatic rings. The molecule has 0 aromatic heterocycles. The Kier molecular flexibility index (Phi) is 6.03. The number of carbonyl (C=O) groups excluding carboxylic acids is 2. The zero-order valence-electron chi connectivity index (χ0n) is 17.7. The summed E-state index contributed by atoms with van der Waals surface area (Å²) < 4.78 is 5.62. The highest BCUT2D eigenvalue weighted by Gasteiger charge is 2.30. The molecule has 4 rings (SSSR count). The van der Waals surface area contributed by atoms with Crippen LogP contribution in [0, 0.1) is 0 Å². The number of nitrogens with one attached hydrogen (secondary N) is 1. The van der Waals surface area contributed by atoms with Crippen LogP contribution in [0.2, 0.25) is 0 Å². The fourth-order valence-electron chi connectivity index (χ4n) is 4.14. The van der Waals surface area contributed by atoms with Crippen molar-refractivity contribution in [1.29, 1.82) is 0 Å². The Morgan fingerprint density at radius 3 is 2.00 bits per heavy atom. The Morgan fingerprint density at radius 2 is 1.42 bits per heavy atom. The Bertz CT molecular complexity index is 1030. The molecule has 0 fully saturated rings. The van der Waals surface area contributed by atoms with Gasteiger partial charge in [-0.3, -0.25) is 4.79 Å². The number of hydrogen-bond donors (Lipinski definition) is 1. The van der Waals surface area contributed by atoms with E-state index in [1.807, 2.05) is 54.6 Å². The van der Waals surface area contributed by atoms with Crippen molar-refractivity contribution < 1.29 is 14.3 Å². The van der Waals surface area contributed by atoms with Gasteiger partial charge in [0.15, 0.2) is 0 Å². The molecule has 0 aliphatic heterocycles. The standard InChI is InChI=1S/C26H26N2O3/c1-28(2)25(29)24(16-18-10-4-3-5-11-18)27-26(30)31-17-23-21-14-8-6-12-19(21)20-13-7-9-15-22(20)23/h3-15,23-24H,16-17H2,1-2H3,(H,27,30)/t24-/m0/s1. The molecule has 5 nitrogen and oxygen atoms in total. The van der Waals surface area contributed by atoms with Crippen molar-refractivity contribution >= 4 is 12.0 Å². The lowest BCUT2D eigenvalue weighted by molar-refractivity contribution is -0.130. The lowest BCUT2D eigenvalue weighted by atomic mass is 9.98. The van der Waals surface area contributed by atoms with Crippen molar-refractivity contribution in [3.63, 3.8) is 0 Å². The fourth-order valence-corrected chi connectivity index (χ4v) is 4.14. The molecule has 0 saturated heterocycles. The lowest BCUT2D eigenvalue weighted by Crippen LogP contribution is -2.47. The van der Waals surface area contributed by atoms with E-state index in [0.717, 1.165) is 16.7 Å². The molecule has 3 aromatic carbocycles. The van der Waals surface area contributed by atoms with E-state index in [1.54, 1.807) is 14.1 Å². The molecular weight excluding hydrogens is 388 g/mol. The highest BCUT2D eigenvalue weighted by atomic mass is 16.5. The van der Waals surface area contributed by atoms with Crippen molar-refractivity contribution in [3.8, 4) is 11.1 Å². The predicted octanol–water partition coefficient (Wildman–Crippen LogP) is 4.22. The summed E-state index contributed by atoms with van der Waals surface area (Å²) in [7, 11) is 3.36. The van der Waals surface area contributed by atoms with Gasteiger partial charge in [-0.2, -0.15) is 0 Å². The number of benzene rings is 3. The molecule has 31 heavy (non-hydrogen) atoms. The van der Waals surface area contributed by atoms with Crippen LogP contribution in [0.25, 0.3) is 11.1 Å². The first kappa shape index (κ1) is 20.7. The van der Waals surface area contributed by atoms with Crippen molar-refractivity contribution in [3.05, 3.63) is 95.6 Å². The van der Waals surface area contributed by atoms with Gasteiger partial charge in [-0.05, 0) is 27.8 Å².